The summed E-state index contributed by atoms with van der Waals surface area (Å²) >= 11 is 0. The van der Waals surface area contributed by atoms with Gasteiger partial charge in [0.15, 0.2) is 11.4 Å². The Hall–Kier alpha value is -1.77. The van der Waals surface area contributed by atoms with Crippen LogP contribution in [-0.4, -0.2) is 18.1 Å². The number of halogens is 5. The molecule has 2 N–H and O–H groups in total. The Kier molecular flexibility index (Phi) is 4.40. The van der Waals surface area contributed by atoms with Crippen LogP contribution in [0.3, 0.4) is 0 Å². The molecule has 0 saturated carbocycles. The van der Waals surface area contributed by atoms with Crippen molar-refractivity contribution in [3.63, 3.8) is 0 Å². The molecule has 1 aromatic rings. The van der Waals surface area contributed by atoms with E-state index in [0.29, 0.717) is 6.07 Å². The number of rotatable bonds is 3. The smallest absolute Gasteiger partial charge is 0.433 e. The molecule has 4 nitrogen and oxygen atoms in total. The van der Waals surface area contributed by atoms with Crippen molar-refractivity contribution in [2.75, 3.05) is 7.11 Å². The second kappa shape index (κ2) is 5.47. The Labute approximate surface area is 104 Å². The first-order valence-electron chi connectivity index (χ1n) is 4.89. The van der Waals surface area contributed by atoms with Crippen molar-refractivity contribution in [2.24, 2.45) is 5.73 Å². The van der Waals surface area contributed by atoms with Crippen LogP contribution in [0, 0.1) is 0 Å². The molecular weight excluding hydrogens is 275 g/mol. The lowest BCUT2D eigenvalue weighted by molar-refractivity contribution is -0.143. The first kappa shape index (κ1) is 15.3. The molecule has 0 aliphatic heterocycles. The molecule has 0 fully saturated rings. The molecule has 1 heterocycles. The maximum atomic E-state index is 12.6. The van der Waals surface area contributed by atoms with Crippen molar-refractivity contribution >= 4 is 5.97 Å². The average molecular weight is 284 g/mol. The number of alkyl halides is 5. The summed E-state index contributed by atoms with van der Waals surface area (Å²) in [5.74, 6) is -1.17. The van der Waals surface area contributed by atoms with E-state index in [9.17, 15) is 26.7 Å². The number of pyridine rings is 1. The SMILES string of the molecule is COC(=O)c1nc(C(F)(F)F)c(C(F)F)cc1CN. The zero-order valence-corrected chi connectivity index (χ0v) is 9.59. The van der Waals surface area contributed by atoms with Crippen LogP contribution < -0.4 is 5.73 Å². The zero-order chi connectivity index (χ0) is 14.8. The summed E-state index contributed by atoms with van der Waals surface area (Å²) < 4.78 is 67.3. The highest BCUT2D eigenvalue weighted by Gasteiger charge is 2.39. The van der Waals surface area contributed by atoms with Gasteiger partial charge >= 0.3 is 12.1 Å². The van der Waals surface area contributed by atoms with Gasteiger partial charge in [0.1, 0.15) is 0 Å². The molecule has 0 aliphatic carbocycles. The molecule has 0 unspecified atom stereocenters. The van der Waals surface area contributed by atoms with Crippen LogP contribution in [0.2, 0.25) is 0 Å². The van der Waals surface area contributed by atoms with Gasteiger partial charge in [-0.3, -0.25) is 0 Å². The molecule has 0 spiro atoms. The van der Waals surface area contributed by atoms with E-state index >= 15 is 0 Å². The van der Waals surface area contributed by atoms with Gasteiger partial charge in [0, 0.05) is 12.1 Å². The number of carbonyl (C=O) groups is 1. The molecule has 106 valence electrons. The van der Waals surface area contributed by atoms with Crippen molar-refractivity contribution in [1.29, 1.82) is 0 Å². The summed E-state index contributed by atoms with van der Waals surface area (Å²) in [5, 5.41) is 0. The number of esters is 1. The molecule has 9 heteroatoms. The lowest BCUT2D eigenvalue weighted by Crippen LogP contribution is -2.19. The molecule has 19 heavy (non-hydrogen) atoms. The number of ether oxygens (including phenoxy) is 1. The second-order valence-corrected chi connectivity index (χ2v) is 3.43. The maximum absolute atomic E-state index is 12.6. The Balaban J connectivity index is 3.57. The molecule has 1 rings (SSSR count). The van der Waals surface area contributed by atoms with Crippen LogP contribution >= 0.6 is 0 Å². The number of methoxy groups -OCH3 is 1. The lowest BCUT2D eigenvalue weighted by atomic mass is 10.1. The Morgan fingerprint density at radius 1 is 1.47 bits per heavy atom. The van der Waals surface area contributed by atoms with Gasteiger partial charge in [0.25, 0.3) is 6.43 Å². The van der Waals surface area contributed by atoms with Crippen molar-refractivity contribution in [1.82, 2.24) is 4.98 Å². The van der Waals surface area contributed by atoms with Crippen LogP contribution in [0.1, 0.15) is 33.7 Å². The number of nitrogens with zero attached hydrogens (tertiary/aromatic N) is 1. The van der Waals surface area contributed by atoms with E-state index in [1.807, 2.05) is 0 Å². The molecule has 0 bridgehead atoms. The molecule has 0 saturated heterocycles. The molecule has 0 amide bonds. The number of hydrogen-bond donors (Lipinski definition) is 1. The normalized spacial score (nSPS) is 11.8. The topological polar surface area (TPSA) is 65.2 Å². The molecule has 0 aliphatic rings. The molecular formula is C10H9F5N2O2. The zero-order valence-electron chi connectivity index (χ0n) is 9.59. The van der Waals surface area contributed by atoms with E-state index < -0.39 is 42.1 Å². The maximum Gasteiger partial charge on any atom is 0.433 e. The van der Waals surface area contributed by atoms with E-state index in [4.69, 9.17) is 5.73 Å². The molecule has 0 radical (unpaired) electrons. The van der Waals surface area contributed by atoms with Gasteiger partial charge < -0.3 is 10.5 Å². The van der Waals surface area contributed by atoms with Gasteiger partial charge in [-0.05, 0) is 11.6 Å². The third-order valence-electron chi connectivity index (χ3n) is 2.23. The largest absolute Gasteiger partial charge is 0.464 e. The fourth-order valence-electron chi connectivity index (χ4n) is 1.39. The Morgan fingerprint density at radius 3 is 2.42 bits per heavy atom. The summed E-state index contributed by atoms with van der Waals surface area (Å²) in [6.07, 6.45) is -8.50. The van der Waals surface area contributed by atoms with Crippen LogP contribution in [-0.2, 0) is 17.5 Å². The summed E-state index contributed by atoms with van der Waals surface area (Å²) in [6.45, 7) is -0.421. The van der Waals surface area contributed by atoms with Crippen molar-refractivity contribution in [3.05, 3.63) is 28.6 Å². The van der Waals surface area contributed by atoms with E-state index in [-0.39, 0.29) is 5.56 Å². The minimum atomic E-state index is -5.11. The van der Waals surface area contributed by atoms with E-state index in [1.165, 1.54) is 0 Å². The van der Waals surface area contributed by atoms with Crippen molar-refractivity contribution < 1.29 is 31.5 Å². The van der Waals surface area contributed by atoms with E-state index in [1.54, 1.807) is 0 Å². The highest BCUT2D eigenvalue weighted by Crippen LogP contribution is 2.36. The highest BCUT2D eigenvalue weighted by molar-refractivity contribution is 5.89. The molecule has 1 aromatic heterocycles. The number of nitrogens with two attached hydrogens (primary N) is 1. The minimum Gasteiger partial charge on any atom is -0.464 e. The van der Waals surface area contributed by atoms with Gasteiger partial charge in [-0.2, -0.15) is 13.2 Å². The summed E-state index contributed by atoms with van der Waals surface area (Å²) in [7, 11) is 0.929. The van der Waals surface area contributed by atoms with Gasteiger partial charge in [-0.25, -0.2) is 18.6 Å². The minimum absolute atomic E-state index is 0.241. The quantitative estimate of drug-likeness (QED) is 0.683. The first-order valence-corrected chi connectivity index (χ1v) is 4.89. The van der Waals surface area contributed by atoms with Crippen LogP contribution in [0.15, 0.2) is 6.07 Å². The predicted octanol–water partition coefficient (Wildman–Crippen LogP) is 2.28. The number of aromatic nitrogens is 1. The van der Waals surface area contributed by atoms with Crippen molar-refractivity contribution in [2.45, 2.75) is 19.1 Å². The standard InChI is InChI=1S/C10H9F5N2O2/c1-19-9(18)6-4(3-16)2-5(8(11)12)7(17-6)10(13,14)15/h2,8H,3,16H2,1H3. The van der Waals surface area contributed by atoms with Gasteiger partial charge in [0.2, 0.25) is 0 Å². The van der Waals surface area contributed by atoms with Crippen LogP contribution in [0.25, 0.3) is 0 Å². The van der Waals surface area contributed by atoms with Crippen LogP contribution in [0.4, 0.5) is 22.0 Å². The Morgan fingerprint density at radius 2 is 2.05 bits per heavy atom. The first-order chi connectivity index (χ1) is 8.72. The fraction of sp³-hybridized carbons (Fsp3) is 0.400. The molecule has 0 atom stereocenters. The number of hydrogen-bond acceptors (Lipinski definition) is 4. The van der Waals surface area contributed by atoms with E-state index in [0.717, 1.165) is 7.11 Å². The van der Waals surface area contributed by atoms with Crippen molar-refractivity contribution in [3.8, 4) is 0 Å². The summed E-state index contributed by atoms with van der Waals surface area (Å²) in [5.41, 5.74) is 1.10. The lowest BCUT2D eigenvalue weighted by Gasteiger charge is -2.15. The Bertz CT molecular complexity index is 488. The summed E-state index contributed by atoms with van der Waals surface area (Å²) in [6, 6.07) is 0.521. The van der Waals surface area contributed by atoms with Gasteiger partial charge in [0.05, 0.1) is 7.11 Å². The predicted molar refractivity (Wildman–Crippen MR) is 53.4 cm³/mol. The monoisotopic (exact) mass is 284 g/mol. The van der Waals surface area contributed by atoms with E-state index in [2.05, 4.69) is 9.72 Å². The third-order valence-corrected chi connectivity index (χ3v) is 2.23. The molecule has 0 aromatic carbocycles. The van der Waals surface area contributed by atoms with Crippen LogP contribution in [0.5, 0.6) is 0 Å². The second-order valence-electron chi connectivity index (χ2n) is 3.43. The number of carbonyl (C=O) groups excluding carboxylic acids is 1. The van der Waals surface area contributed by atoms with Gasteiger partial charge in [-0.15, -0.1) is 0 Å². The third kappa shape index (κ3) is 3.16. The highest BCUT2D eigenvalue weighted by atomic mass is 19.4. The van der Waals surface area contributed by atoms with Gasteiger partial charge in [-0.1, -0.05) is 0 Å². The average Bonchev–Trinajstić information content (AvgIpc) is 2.34. The fourth-order valence-corrected chi connectivity index (χ4v) is 1.39. The summed E-state index contributed by atoms with van der Waals surface area (Å²) in [4.78, 5) is 14.2.